The number of hydrogen-bond acceptors (Lipinski definition) is 5. The summed E-state index contributed by atoms with van der Waals surface area (Å²) in [6.07, 6.45) is 1.01. The van der Waals surface area contributed by atoms with Crippen LogP contribution in [0.15, 0.2) is 0 Å². The number of aromatic amines is 1. The monoisotopic (exact) mass is 279 g/mol. The van der Waals surface area contributed by atoms with Gasteiger partial charge in [-0.15, -0.1) is 0 Å². The third-order valence-electron chi connectivity index (χ3n) is 4.21. The van der Waals surface area contributed by atoms with Crippen molar-refractivity contribution in [2.45, 2.75) is 19.4 Å². The number of rotatable bonds is 2. The number of aromatic nitrogens is 2. The molecule has 0 saturated carbocycles. The summed E-state index contributed by atoms with van der Waals surface area (Å²) < 4.78 is 5.37. The molecular formula is C13H21N5O2. The number of ether oxygens (including phenoxy) is 1. The number of nitrogens with one attached hydrogen (secondary N) is 1. The van der Waals surface area contributed by atoms with Crippen LogP contribution in [0.25, 0.3) is 0 Å². The molecule has 2 fully saturated rings. The van der Waals surface area contributed by atoms with Crippen molar-refractivity contribution in [2.24, 2.45) is 0 Å². The maximum atomic E-state index is 12.4. The fourth-order valence-electron chi connectivity index (χ4n) is 2.92. The van der Waals surface area contributed by atoms with Crippen LogP contribution in [0.2, 0.25) is 0 Å². The van der Waals surface area contributed by atoms with Gasteiger partial charge in [-0.1, -0.05) is 0 Å². The number of H-pyrrole nitrogens is 1. The van der Waals surface area contributed by atoms with Crippen molar-refractivity contribution in [1.29, 1.82) is 0 Å². The highest BCUT2D eigenvalue weighted by atomic mass is 16.5. The van der Waals surface area contributed by atoms with Gasteiger partial charge in [0.25, 0.3) is 5.91 Å². The maximum absolute atomic E-state index is 12.4. The molecule has 1 amide bonds. The van der Waals surface area contributed by atoms with E-state index >= 15 is 0 Å². The fraction of sp³-hybridized carbons (Fsp3) is 0.692. The molecule has 7 heteroatoms. The molecule has 0 aliphatic carbocycles. The highest BCUT2D eigenvalue weighted by Gasteiger charge is 2.33. The number of anilines is 1. The smallest absolute Gasteiger partial charge is 0.276 e. The zero-order valence-electron chi connectivity index (χ0n) is 11.8. The second-order valence-corrected chi connectivity index (χ2v) is 5.45. The molecule has 20 heavy (non-hydrogen) atoms. The van der Waals surface area contributed by atoms with Crippen LogP contribution in [0, 0.1) is 6.92 Å². The Balaban J connectivity index is 1.64. The first-order valence-electron chi connectivity index (χ1n) is 7.08. The summed E-state index contributed by atoms with van der Waals surface area (Å²) in [4.78, 5) is 16.7. The van der Waals surface area contributed by atoms with Gasteiger partial charge < -0.3 is 15.4 Å². The molecule has 2 aliphatic rings. The Hall–Kier alpha value is -1.60. The molecule has 3 N–H and O–H groups in total. The SMILES string of the molecule is Cc1[nH]nc(C(=O)N2CCC(N3CCOCC3)C2)c1N. The predicted molar refractivity (Wildman–Crippen MR) is 74.4 cm³/mol. The number of likely N-dealkylation sites (tertiary alicyclic amines) is 1. The van der Waals surface area contributed by atoms with Gasteiger partial charge in [-0.05, 0) is 13.3 Å². The Morgan fingerprint density at radius 1 is 1.40 bits per heavy atom. The lowest BCUT2D eigenvalue weighted by atomic mass is 10.2. The highest BCUT2D eigenvalue weighted by Crippen LogP contribution is 2.21. The van der Waals surface area contributed by atoms with Crippen molar-refractivity contribution in [2.75, 3.05) is 45.1 Å². The molecule has 1 aromatic rings. The average Bonchev–Trinajstić information content (AvgIpc) is 3.08. The molecule has 1 aromatic heterocycles. The lowest BCUT2D eigenvalue weighted by Crippen LogP contribution is -2.45. The van der Waals surface area contributed by atoms with E-state index in [1.807, 2.05) is 11.8 Å². The Kier molecular flexibility index (Phi) is 3.62. The van der Waals surface area contributed by atoms with E-state index in [-0.39, 0.29) is 5.91 Å². The van der Waals surface area contributed by atoms with Crippen molar-refractivity contribution in [3.8, 4) is 0 Å². The van der Waals surface area contributed by atoms with Gasteiger partial charge in [-0.3, -0.25) is 14.8 Å². The molecule has 3 rings (SSSR count). The Labute approximate surface area is 118 Å². The van der Waals surface area contributed by atoms with Crippen LogP contribution in [0.5, 0.6) is 0 Å². The quantitative estimate of drug-likeness (QED) is 0.786. The van der Waals surface area contributed by atoms with E-state index in [1.165, 1.54) is 0 Å². The zero-order chi connectivity index (χ0) is 14.1. The fourth-order valence-corrected chi connectivity index (χ4v) is 2.92. The Morgan fingerprint density at radius 3 is 2.80 bits per heavy atom. The largest absolute Gasteiger partial charge is 0.395 e. The van der Waals surface area contributed by atoms with Gasteiger partial charge in [0.05, 0.1) is 24.6 Å². The summed E-state index contributed by atoms with van der Waals surface area (Å²) in [5.74, 6) is -0.0670. The molecule has 110 valence electrons. The molecule has 0 aromatic carbocycles. The first-order valence-corrected chi connectivity index (χ1v) is 7.08. The first-order chi connectivity index (χ1) is 9.66. The lowest BCUT2D eigenvalue weighted by Gasteiger charge is -2.32. The van der Waals surface area contributed by atoms with Gasteiger partial charge >= 0.3 is 0 Å². The molecule has 1 unspecified atom stereocenters. The van der Waals surface area contributed by atoms with E-state index < -0.39 is 0 Å². The number of nitrogens with two attached hydrogens (primary N) is 1. The Morgan fingerprint density at radius 2 is 2.15 bits per heavy atom. The minimum Gasteiger partial charge on any atom is -0.395 e. The number of nitrogen functional groups attached to an aromatic ring is 1. The zero-order valence-corrected chi connectivity index (χ0v) is 11.8. The van der Waals surface area contributed by atoms with Crippen LogP contribution in [0.1, 0.15) is 22.6 Å². The van der Waals surface area contributed by atoms with E-state index in [9.17, 15) is 4.79 Å². The highest BCUT2D eigenvalue weighted by molar-refractivity contribution is 5.97. The number of hydrogen-bond donors (Lipinski definition) is 2. The topological polar surface area (TPSA) is 87.5 Å². The molecule has 2 saturated heterocycles. The van der Waals surface area contributed by atoms with Crippen molar-refractivity contribution in [3.05, 3.63) is 11.4 Å². The third kappa shape index (κ3) is 2.38. The van der Waals surface area contributed by atoms with Gasteiger partial charge in [0.15, 0.2) is 5.69 Å². The van der Waals surface area contributed by atoms with E-state index in [2.05, 4.69) is 15.1 Å². The van der Waals surface area contributed by atoms with Gasteiger partial charge in [-0.2, -0.15) is 5.10 Å². The predicted octanol–water partition coefficient (Wildman–Crippen LogP) is -0.153. The summed E-state index contributed by atoms with van der Waals surface area (Å²) in [5, 5.41) is 6.79. The average molecular weight is 279 g/mol. The standard InChI is InChI=1S/C13H21N5O2/c1-9-11(14)12(16-15-9)13(19)18-3-2-10(8-18)17-4-6-20-7-5-17/h10H,2-8,14H2,1H3,(H,15,16). The van der Waals surface area contributed by atoms with Crippen LogP contribution in [0.3, 0.4) is 0 Å². The van der Waals surface area contributed by atoms with Crippen LogP contribution in [-0.2, 0) is 4.74 Å². The minimum absolute atomic E-state index is 0.0670. The third-order valence-corrected chi connectivity index (χ3v) is 4.21. The molecule has 2 aliphatic heterocycles. The second kappa shape index (κ2) is 5.41. The van der Waals surface area contributed by atoms with E-state index in [0.717, 1.165) is 51.5 Å². The summed E-state index contributed by atoms with van der Waals surface area (Å²) in [7, 11) is 0. The maximum Gasteiger partial charge on any atom is 0.276 e. The second-order valence-electron chi connectivity index (χ2n) is 5.45. The van der Waals surface area contributed by atoms with Gasteiger partial charge in [-0.25, -0.2) is 0 Å². The number of carbonyl (C=O) groups is 1. The Bertz CT molecular complexity index is 495. The number of amides is 1. The molecule has 7 nitrogen and oxygen atoms in total. The van der Waals surface area contributed by atoms with Crippen LogP contribution >= 0.6 is 0 Å². The van der Waals surface area contributed by atoms with Gasteiger partial charge in [0, 0.05) is 32.2 Å². The lowest BCUT2D eigenvalue weighted by molar-refractivity contribution is 0.0185. The molecule has 1 atom stereocenters. The summed E-state index contributed by atoms with van der Waals surface area (Å²) in [5.41, 5.74) is 7.44. The van der Waals surface area contributed by atoms with Crippen molar-refractivity contribution >= 4 is 11.6 Å². The summed E-state index contributed by atoms with van der Waals surface area (Å²) >= 11 is 0. The molecule has 0 spiro atoms. The van der Waals surface area contributed by atoms with Gasteiger partial charge in [0.2, 0.25) is 0 Å². The number of carbonyl (C=O) groups excluding carboxylic acids is 1. The van der Waals surface area contributed by atoms with Crippen LogP contribution in [0.4, 0.5) is 5.69 Å². The van der Waals surface area contributed by atoms with Crippen LogP contribution < -0.4 is 5.73 Å². The molecule has 0 radical (unpaired) electrons. The van der Waals surface area contributed by atoms with E-state index in [1.54, 1.807) is 0 Å². The number of morpholine rings is 1. The summed E-state index contributed by atoms with van der Waals surface area (Å²) in [6, 6.07) is 0.434. The van der Waals surface area contributed by atoms with Crippen molar-refractivity contribution in [3.63, 3.8) is 0 Å². The van der Waals surface area contributed by atoms with Crippen molar-refractivity contribution < 1.29 is 9.53 Å². The normalized spacial score (nSPS) is 24.2. The van der Waals surface area contributed by atoms with Gasteiger partial charge in [0.1, 0.15) is 0 Å². The summed E-state index contributed by atoms with van der Waals surface area (Å²) in [6.45, 7) is 6.83. The number of nitrogens with zero attached hydrogens (tertiary/aromatic N) is 3. The van der Waals surface area contributed by atoms with E-state index in [4.69, 9.17) is 10.5 Å². The van der Waals surface area contributed by atoms with Crippen molar-refractivity contribution in [1.82, 2.24) is 20.0 Å². The first kappa shape index (κ1) is 13.4. The molecule has 0 bridgehead atoms. The van der Waals surface area contributed by atoms with E-state index in [0.29, 0.717) is 17.4 Å². The number of aryl methyl sites for hydroxylation is 1. The molecular weight excluding hydrogens is 258 g/mol. The van der Waals surface area contributed by atoms with Crippen LogP contribution in [-0.4, -0.2) is 71.3 Å². The minimum atomic E-state index is -0.0670. The molecule has 3 heterocycles.